The minimum Gasteiger partial charge on any atom is -0.452 e. The highest BCUT2D eigenvalue weighted by Gasteiger charge is 2.25. The topological polar surface area (TPSA) is 137 Å². The van der Waals surface area contributed by atoms with Crippen molar-refractivity contribution in [1.29, 1.82) is 0 Å². The minimum absolute atomic E-state index is 0.211. The van der Waals surface area contributed by atoms with Crippen molar-refractivity contribution in [1.82, 2.24) is 10.5 Å². The summed E-state index contributed by atoms with van der Waals surface area (Å²) in [6, 6.07) is 6.60. The first-order valence-electron chi connectivity index (χ1n) is 8.53. The second kappa shape index (κ2) is 9.75. The summed E-state index contributed by atoms with van der Waals surface area (Å²) in [4.78, 5) is 35.9. The van der Waals surface area contributed by atoms with Crippen molar-refractivity contribution in [2.24, 2.45) is 5.73 Å². The van der Waals surface area contributed by atoms with Crippen LogP contribution in [0.25, 0.3) is 0 Å². The molecule has 1 aromatic heterocycles. The molecule has 0 saturated carbocycles. The number of urea groups is 1. The van der Waals surface area contributed by atoms with Crippen LogP contribution in [-0.2, 0) is 14.3 Å². The van der Waals surface area contributed by atoms with Crippen LogP contribution >= 0.6 is 11.6 Å². The Morgan fingerprint density at radius 1 is 1.29 bits per heavy atom. The molecule has 28 heavy (non-hydrogen) atoms. The number of hydrogen-bond donors (Lipinski definition) is 3. The first-order valence-corrected chi connectivity index (χ1v) is 8.91. The maximum absolute atomic E-state index is 12.4. The highest BCUT2D eigenvalue weighted by molar-refractivity contribution is 6.30. The Bertz CT molecular complexity index is 837. The van der Waals surface area contributed by atoms with Crippen LogP contribution in [0.2, 0.25) is 5.02 Å². The Morgan fingerprint density at radius 2 is 1.96 bits per heavy atom. The van der Waals surface area contributed by atoms with E-state index < -0.39 is 30.1 Å². The molecule has 1 heterocycles. The Morgan fingerprint density at radius 3 is 2.50 bits per heavy atom. The predicted octanol–water partition coefficient (Wildman–Crippen LogP) is 2.70. The van der Waals surface area contributed by atoms with E-state index in [1.54, 1.807) is 44.2 Å². The molecule has 0 fully saturated rings. The fourth-order valence-electron chi connectivity index (χ4n) is 2.45. The van der Waals surface area contributed by atoms with Gasteiger partial charge >= 0.3 is 12.0 Å². The van der Waals surface area contributed by atoms with E-state index in [1.807, 2.05) is 0 Å². The number of benzene rings is 1. The van der Waals surface area contributed by atoms with Crippen LogP contribution in [-0.4, -0.2) is 29.2 Å². The molecule has 2 atom stereocenters. The molecule has 0 aliphatic heterocycles. The van der Waals surface area contributed by atoms with Gasteiger partial charge in [0.25, 0.3) is 5.91 Å². The molecule has 10 heteroatoms. The van der Waals surface area contributed by atoms with Gasteiger partial charge in [-0.3, -0.25) is 9.59 Å². The van der Waals surface area contributed by atoms with Gasteiger partial charge < -0.3 is 25.6 Å². The largest absolute Gasteiger partial charge is 0.452 e. The zero-order valence-corrected chi connectivity index (χ0v) is 16.2. The van der Waals surface area contributed by atoms with E-state index in [1.165, 1.54) is 0 Å². The molecular formula is C18H21ClN4O5. The summed E-state index contributed by atoms with van der Waals surface area (Å²) in [6.07, 6.45) is -0.982. The molecular weight excluding hydrogens is 388 g/mol. The van der Waals surface area contributed by atoms with Crippen LogP contribution < -0.4 is 16.4 Å². The zero-order chi connectivity index (χ0) is 20.7. The third-order valence-electron chi connectivity index (χ3n) is 3.78. The van der Waals surface area contributed by atoms with E-state index in [4.69, 9.17) is 26.6 Å². The molecule has 150 valence electrons. The third kappa shape index (κ3) is 6.27. The van der Waals surface area contributed by atoms with E-state index in [0.29, 0.717) is 16.3 Å². The number of anilines is 1. The van der Waals surface area contributed by atoms with Crippen molar-refractivity contribution in [3.8, 4) is 0 Å². The number of carbonyl (C=O) groups excluding carboxylic acids is 3. The molecule has 0 bridgehead atoms. The van der Waals surface area contributed by atoms with Crippen LogP contribution in [0.4, 0.5) is 10.6 Å². The Kier molecular flexibility index (Phi) is 7.39. The average Bonchev–Trinajstić information content (AvgIpc) is 3.04. The van der Waals surface area contributed by atoms with E-state index >= 15 is 0 Å². The molecule has 0 radical (unpaired) electrons. The van der Waals surface area contributed by atoms with Crippen molar-refractivity contribution in [2.45, 2.75) is 38.8 Å². The third-order valence-corrected chi connectivity index (χ3v) is 4.03. The van der Waals surface area contributed by atoms with Crippen LogP contribution in [0.5, 0.6) is 0 Å². The lowest BCUT2D eigenvalue weighted by Crippen LogP contribution is -2.36. The number of aromatic nitrogens is 1. The van der Waals surface area contributed by atoms with E-state index in [2.05, 4.69) is 15.8 Å². The maximum Gasteiger partial charge on any atom is 0.312 e. The standard InChI is InChI=1S/C18H21ClN4O5/c1-3-14(17(25)22-15-8-10(2)28-23-15)27-16(24)9-13(21-18(20)26)11-4-6-12(19)7-5-11/h4-8,13-14H,3,9H2,1-2H3,(H3,20,21,26)(H,22,23,25). The zero-order valence-electron chi connectivity index (χ0n) is 15.4. The van der Waals surface area contributed by atoms with Crippen LogP contribution in [0.3, 0.4) is 0 Å². The highest BCUT2D eigenvalue weighted by Crippen LogP contribution is 2.20. The molecule has 3 amide bonds. The molecule has 2 rings (SSSR count). The highest BCUT2D eigenvalue weighted by atomic mass is 35.5. The van der Waals surface area contributed by atoms with Gasteiger partial charge in [0.1, 0.15) is 5.76 Å². The van der Waals surface area contributed by atoms with Crippen molar-refractivity contribution >= 4 is 35.3 Å². The van der Waals surface area contributed by atoms with E-state index in [9.17, 15) is 14.4 Å². The van der Waals surface area contributed by atoms with Gasteiger partial charge in [0.15, 0.2) is 11.9 Å². The van der Waals surface area contributed by atoms with Gasteiger partial charge in [-0.2, -0.15) is 0 Å². The number of halogens is 1. The normalized spacial score (nSPS) is 12.7. The SMILES string of the molecule is CCC(OC(=O)CC(NC(N)=O)c1ccc(Cl)cc1)C(=O)Nc1cc(C)on1. The van der Waals surface area contributed by atoms with Crippen LogP contribution in [0, 0.1) is 6.92 Å². The van der Waals surface area contributed by atoms with Crippen molar-refractivity contribution < 1.29 is 23.6 Å². The van der Waals surface area contributed by atoms with Crippen LogP contribution in [0.1, 0.15) is 37.1 Å². The number of ether oxygens (including phenoxy) is 1. The summed E-state index contributed by atoms with van der Waals surface area (Å²) in [5, 5.41) is 9.17. The van der Waals surface area contributed by atoms with Gasteiger partial charge in [0.05, 0.1) is 12.5 Å². The molecule has 0 saturated heterocycles. The lowest BCUT2D eigenvalue weighted by atomic mass is 10.0. The van der Waals surface area contributed by atoms with Crippen molar-refractivity contribution in [2.75, 3.05) is 5.32 Å². The Labute approximate surface area is 166 Å². The summed E-state index contributed by atoms with van der Waals surface area (Å²) >= 11 is 5.86. The second-order valence-corrected chi connectivity index (χ2v) is 6.45. The number of hydrogen-bond acceptors (Lipinski definition) is 6. The number of amides is 3. The lowest BCUT2D eigenvalue weighted by molar-refractivity contribution is -0.154. The summed E-state index contributed by atoms with van der Waals surface area (Å²) in [5.74, 6) is -0.447. The smallest absolute Gasteiger partial charge is 0.312 e. The number of nitrogens with zero attached hydrogens (tertiary/aromatic N) is 1. The van der Waals surface area contributed by atoms with Gasteiger partial charge in [0.2, 0.25) is 0 Å². The molecule has 4 N–H and O–H groups in total. The Hall–Kier alpha value is -3.07. The monoisotopic (exact) mass is 408 g/mol. The van der Waals surface area contributed by atoms with Gasteiger partial charge in [-0.25, -0.2) is 4.79 Å². The lowest BCUT2D eigenvalue weighted by Gasteiger charge is -2.20. The fraction of sp³-hybridized carbons (Fsp3) is 0.333. The van der Waals surface area contributed by atoms with E-state index in [0.717, 1.165) is 0 Å². The fourth-order valence-corrected chi connectivity index (χ4v) is 2.57. The number of primary amides is 1. The van der Waals surface area contributed by atoms with Gasteiger partial charge in [-0.15, -0.1) is 0 Å². The maximum atomic E-state index is 12.4. The van der Waals surface area contributed by atoms with Gasteiger partial charge in [-0.05, 0) is 31.0 Å². The van der Waals surface area contributed by atoms with Gasteiger partial charge in [0, 0.05) is 11.1 Å². The molecule has 0 spiro atoms. The summed E-state index contributed by atoms with van der Waals surface area (Å²) in [5.41, 5.74) is 5.81. The van der Waals surface area contributed by atoms with Gasteiger partial charge in [-0.1, -0.05) is 35.8 Å². The summed E-state index contributed by atoms with van der Waals surface area (Å²) in [6.45, 7) is 3.38. The molecule has 1 aromatic carbocycles. The predicted molar refractivity (Wildman–Crippen MR) is 102 cm³/mol. The molecule has 2 unspecified atom stereocenters. The summed E-state index contributed by atoms with van der Waals surface area (Å²) < 4.78 is 10.1. The molecule has 0 aliphatic carbocycles. The number of nitrogens with two attached hydrogens (primary N) is 1. The first-order chi connectivity index (χ1) is 13.3. The number of nitrogens with one attached hydrogen (secondary N) is 2. The number of rotatable bonds is 8. The second-order valence-electron chi connectivity index (χ2n) is 6.02. The van der Waals surface area contributed by atoms with Crippen molar-refractivity contribution in [3.05, 3.63) is 46.7 Å². The summed E-state index contributed by atoms with van der Waals surface area (Å²) in [7, 11) is 0. The molecule has 9 nitrogen and oxygen atoms in total. The number of carbonyl (C=O) groups is 3. The Balaban J connectivity index is 2.01. The minimum atomic E-state index is -1.02. The van der Waals surface area contributed by atoms with E-state index in [-0.39, 0.29) is 18.7 Å². The van der Waals surface area contributed by atoms with Crippen LogP contribution in [0.15, 0.2) is 34.9 Å². The quantitative estimate of drug-likeness (QED) is 0.574. The molecule has 0 aliphatic rings. The molecule has 2 aromatic rings. The number of esters is 1. The number of aryl methyl sites for hydroxylation is 1. The first kappa shape index (κ1) is 21.2. The van der Waals surface area contributed by atoms with Crippen molar-refractivity contribution in [3.63, 3.8) is 0 Å². The average molecular weight is 409 g/mol.